The summed E-state index contributed by atoms with van der Waals surface area (Å²) in [4.78, 5) is 16.6. The maximum atomic E-state index is 5.27. The summed E-state index contributed by atoms with van der Waals surface area (Å²) in [6.07, 6.45) is 3.44. The zero-order valence-electron chi connectivity index (χ0n) is 10.3. The molecular formula is C11H15N7. The monoisotopic (exact) mass is 245 g/mol. The van der Waals surface area contributed by atoms with Gasteiger partial charge in [0.05, 0.1) is 12.2 Å². The molecule has 94 valence electrons. The van der Waals surface area contributed by atoms with E-state index >= 15 is 0 Å². The molecule has 0 aliphatic heterocycles. The molecule has 0 fully saturated rings. The highest BCUT2D eigenvalue weighted by molar-refractivity contribution is 5.46. The number of rotatable bonds is 4. The van der Waals surface area contributed by atoms with Crippen LogP contribution in [0.3, 0.4) is 0 Å². The van der Waals surface area contributed by atoms with E-state index in [9.17, 15) is 0 Å². The van der Waals surface area contributed by atoms with E-state index in [0.717, 1.165) is 22.9 Å². The Labute approximate surface area is 105 Å². The second kappa shape index (κ2) is 5.37. The van der Waals surface area contributed by atoms with Gasteiger partial charge in [-0.25, -0.2) is 20.8 Å². The van der Waals surface area contributed by atoms with Crippen molar-refractivity contribution in [2.45, 2.75) is 20.4 Å². The van der Waals surface area contributed by atoms with Crippen molar-refractivity contribution < 1.29 is 0 Å². The first-order chi connectivity index (χ1) is 8.69. The molecule has 0 aliphatic carbocycles. The van der Waals surface area contributed by atoms with Crippen LogP contribution in [0.15, 0.2) is 18.5 Å². The van der Waals surface area contributed by atoms with Crippen LogP contribution in [0.2, 0.25) is 0 Å². The quantitative estimate of drug-likeness (QED) is 0.540. The van der Waals surface area contributed by atoms with Crippen LogP contribution in [0.1, 0.15) is 17.1 Å². The molecule has 0 unspecified atom stereocenters. The Balaban J connectivity index is 2.10. The number of anilines is 2. The summed E-state index contributed by atoms with van der Waals surface area (Å²) in [6, 6.07) is 1.86. The van der Waals surface area contributed by atoms with E-state index in [-0.39, 0.29) is 0 Å². The van der Waals surface area contributed by atoms with Crippen molar-refractivity contribution in [1.82, 2.24) is 19.9 Å². The lowest BCUT2D eigenvalue weighted by molar-refractivity contribution is 0.944. The Morgan fingerprint density at radius 1 is 1.22 bits per heavy atom. The highest BCUT2D eigenvalue weighted by atomic mass is 15.3. The van der Waals surface area contributed by atoms with Crippen LogP contribution in [-0.4, -0.2) is 19.9 Å². The second-order valence-electron chi connectivity index (χ2n) is 3.82. The van der Waals surface area contributed by atoms with Crippen LogP contribution >= 0.6 is 0 Å². The van der Waals surface area contributed by atoms with Gasteiger partial charge in [0.15, 0.2) is 0 Å². The molecule has 2 rings (SSSR count). The molecule has 0 spiro atoms. The molecule has 2 aromatic heterocycles. The van der Waals surface area contributed by atoms with E-state index in [1.807, 2.05) is 19.9 Å². The smallest absolute Gasteiger partial charge is 0.239 e. The summed E-state index contributed by atoms with van der Waals surface area (Å²) in [6.45, 7) is 4.36. The standard InChI is InChI=1S/C11H15N7/c1-7-5-15-11(18-12)17-10(7)14-6-9-3-4-13-8(2)16-9/h3-5H,6,12H2,1-2H3,(H2,14,15,17,18). The number of nitrogens with one attached hydrogen (secondary N) is 2. The van der Waals surface area contributed by atoms with E-state index in [0.29, 0.717) is 12.5 Å². The maximum Gasteiger partial charge on any atom is 0.239 e. The van der Waals surface area contributed by atoms with Crippen LogP contribution in [0, 0.1) is 13.8 Å². The summed E-state index contributed by atoms with van der Waals surface area (Å²) in [7, 11) is 0. The Morgan fingerprint density at radius 3 is 2.78 bits per heavy atom. The third-order valence-corrected chi connectivity index (χ3v) is 2.37. The minimum Gasteiger partial charge on any atom is -0.364 e. The molecule has 0 aliphatic rings. The average molecular weight is 245 g/mol. The Kier molecular flexibility index (Phi) is 3.63. The number of aromatic nitrogens is 4. The minimum atomic E-state index is 0.377. The van der Waals surface area contributed by atoms with Crippen molar-refractivity contribution in [1.29, 1.82) is 0 Å². The zero-order chi connectivity index (χ0) is 13.0. The fourth-order valence-corrected chi connectivity index (χ4v) is 1.47. The van der Waals surface area contributed by atoms with Crippen molar-refractivity contribution in [3.63, 3.8) is 0 Å². The summed E-state index contributed by atoms with van der Waals surface area (Å²) < 4.78 is 0. The van der Waals surface area contributed by atoms with E-state index in [4.69, 9.17) is 5.84 Å². The number of hydrazine groups is 1. The first-order valence-corrected chi connectivity index (χ1v) is 5.51. The second-order valence-corrected chi connectivity index (χ2v) is 3.82. The summed E-state index contributed by atoms with van der Waals surface area (Å²) in [5.74, 6) is 7.13. The third-order valence-electron chi connectivity index (χ3n) is 2.37. The molecule has 0 radical (unpaired) electrons. The molecule has 0 amide bonds. The van der Waals surface area contributed by atoms with Crippen LogP contribution < -0.4 is 16.6 Å². The van der Waals surface area contributed by atoms with Gasteiger partial charge in [-0.2, -0.15) is 4.98 Å². The molecule has 7 nitrogen and oxygen atoms in total. The largest absolute Gasteiger partial charge is 0.364 e. The molecule has 2 heterocycles. The first-order valence-electron chi connectivity index (χ1n) is 5.51. The number of hydrogen-bond acceptors (Lipinski definition) is 7. The molecule has 4 N–H and O–H groups in total. The van der Waals surface area contributed by atoms with E-state index in [1.165, 1.54) is 0 Å². The van der Waals surface area contributed by atoms with Gasteiger partial charge in [0.1, 0.15) is 11.6 Å². The topological polar surface area (TPSA) is 102 Å². The van der Waals surface area contributed by atoms with Gasteiger partial charge in [-0.05, 0) is 19.9 Å². The number of aryl methyl sites for hydroxylation is 2. The van der Waals surface area contributed by atoms with Crippen LogP contribution in [0.5, 0.6) is 0 Å². The first kappa shape index (κ1) is 12.2. The van der Waals surface area contributed by atoms with Crippen LogP contribution in [0.25, 0.3) is 0 Å². The Morgan fingerprint density at radius 2 is 2.06 bits per heavy atom. The van der Waals surface area contributed by atoms with Gasteiger partial charge < -0.3 is 5.32 Å². The number of hydrogen-bond donors (Lipinski definition) is 3. The average Bonchev–Trinajstić information content (AvgIpc) is 2.38. The number of nitrogens with two attached hydrogens (primary N) is 1. The van der Waals surface area contributed by atoms with Gasteiger partial charge in [-0.15, -0.1) is 0 Å². The van der Waals surface area contributed by atoms with Crippen molar-refractivity contribution in [3.8, 4) is 0 Å². The van der Waals surface area contributed by atoms with E-state index in [2.05, 4.69) is 30.7 Å². The van der Waals surface area contributed by atoms with Crippen molar-refractivity contribution in [3.05, 3.63) is 35.5 Å². The number of nitrogen functional groups attached to an aromatic ring is 1. The fraction of sp³-hybridized carbons (Fsp3) is 0.273. The van der Waals surface area contributed by atoms with E-state index in [1.54, 1.807) is 12.4 Å². The highest BCUT2D eigenvalue weighted by Gasteiger charge is 2.03. The van der Waals surface area contributed by atoms with Crippen molar-refractivity contribution in [2.75, 3.05) is 10.7 Å². The van der Waals surface area contributed by atoms with E-state index < -0.39 is 0 Å². The summed E-state index contributed by atoms with van der Waals surface area (Å²) in [5.41, 5.74) is 4.26. The minimum absolute atomic E-state index is 0.377. The normalized spacial score (nSPS) is 10.2. The predicted octanol–water partition coefficient (Wildman–Crippen LogP) is 0.781. The lowest BCUT2D eigenvalue weighted by Gasteiger charge is -2.09. The van der Waals surface area contributed by atoms with Gasteiger partial charge in [0.25, 0.3) is 0 Å². The molecule has 0 bridgehead atoms. The molecular weight excluding hydrogens is 230 g/mol. The molecule has 7 heteroatoms. The van der Waals surface area contributed by atoms with Crippen molar-refractivity contribution >= 4 is 11.8 Å². The molecule has 0 saturated heterocycles. The highest BCUT2D eigenvalue weighted by Crippen LogP contribution is 2.12. The Hall–Kier alpha value is -2.28. The Bertz CT molecular complexity index is 541. The maximum absolute atomic E-state index is 5.27. The van der Waals surface area contributed by atoms with Gasteiger partial charge in [-0.3, -0.25) is 5.43 Å². The van der Waals surface area contributed by atoms with Crippen LogP contribution in [-0.2, 0) is 6.54 Å². The van der Waals surface area contributed by atoms with Gasteiger partial charge >= 0.3 is 0 Å². The third kappa shape index (κ3) is 2.89. The lowest BCUT2D eigenvalue weighted by atomic mass is 10.3. The molecule has 0 saturated carbocycles. The molecule has 2 aromatic rings. The fourth-order valence-electron chi connectivity index (χ4n) is 1.47. The van der Waals surface area contributed by atoms with Gasteiger partial charge in [0, 0.05) is 18.0 Å². The lowest BCUT2D eigenvalue weighted by Crippen LogP contribution is -2.13. The summed E-state index contributed by atoms with van der Waals surface area (Å²) in [5, 5.41) is 3.19. The van der Waals surface area contributed by atoms with Gasteiger partial charge in [-0.1, -0.05) is 0 Å². The molecule has 0 atom stereocenters. The number of nitrogens with zero attached hydrogens (tertiary/aromatic N) is 4. The molecule has 0 aromatic carbocycles. The SMILES string of the molecule is Cc1nccc(CNc2nc(NN)ncc2C)n1. The summed E-state index contributed by atoms with van der Waals surface area (Å²) >= 11 is 0. The zero-order valence-corrected chi connectivity index (χ0v) is 10.3. The van der Waals surface area contributed by atoms with Crippen LogP contribution in [0.4, 0.5) is 11.8 Å². The van der Waals surface area contributed by atoms with Crippen molar-refractivity contribution in [2.24, 2.45) is 5.84 Å². The molecule has 18 heavy (non-hydrogen) atoms. The predicted molar refractivity (Wildman–Crippen MR) is 68.7 cm³/mol. The van der Waals surface area contributed by atoms with Gasteiger partial charge in [0.2, 0.25) is 5.95 Å².